The minimum Gasteiger partial charge on any atom is -0.293 e. The van der Waals surface area contributed by atoms with Gasteiger partial charge in [0.15, 0.2) is 5.82 Å². The van der Waals surface area contributed by atoms with Crippen molar-refractivity contribution in [2.45, 2.75) is 57.5 Å². The smallest absolute Gasteiger partial charge is 0.170 e. The molecule has 4 rings (SSSR count). The van der Waals surface area contributed by atoms with Gasteiger partial charge in [0, 0.05) is 12.6 Å². The number of rotatable bonds is 6. The van der Waals surface area contributed by atoms with Crippen molar-refractivity contribution in [3.05, 3.63) is 36.2 Å². The van der Waals surface area contributed by atoms with Crippen LogP contribution in [-0.4, -0.2) is 37.7 Å². The first-order chi connectivity index (χ1) is 11.4. The Morgan fingerprint density at radius 1 is 1.00 bits per heavy atom. The lowest BCUT2D eigenvalue weighted by atomic mass is 9.89. The molecule has 2 aliphatic carbocycles. The van der Waals surface area contributed by atoms with Crippen LogP contribution >= 0.6 is 0 Å². The summed E-state index contributed by atoms with van der Waals surface area (Å²) in [6.45, 7) is 2.08. The average Bonchev–Trinajstić information content (AvgIpc) is 3.35. The maximum Gasteiger partial charge on any atom is 0.170 e. The Hall–Kier alpha value is -1.75. The number of aromatic nitrogens is 4. The number of nitrogens with zero attached hydrogens (tertiary/aromatic N) is 5. The Morgan fingerprint density at radius 3 is 2.52 bits per heavy atom. The second kappa shape index (κ2) is 6.79. The van der Waals surface area contributed by atoms with Crippen molar-refractivity contribution in [2.24, 2.45) is 5.92 Å². The molecule has 2 aliphatic rings. The molecule has 2 aromatic rings. The molecule has 0 amide bonds. The minimum absolute atomic E-state index is 0.748. The third-order valence-corrected chi connectivity index (χ3v) is 5.16. The summed E-state index contributed by atoms with van der Waals surface area (Å²) >= 11 is 0. The van der Waals surface area contributed by atoms with Gasteiger partial charge in [-0.1, -0.05) is 37.5 Å². The lowest BCUT2D eigenvalue weighted by Gasteiger charge is -2.29. The van der Waals surface area contributed by atoms with Crippen LogP contribution in [0.5, 0.6) is 0 Å². The third-order valence-electron chi connectivity index (χ3n) is 5.16. The highest BCUT2D eigenvalue weighted by molar-refractivity contribution is 5.30. The molecule has 5 nitrogen and oxygen atoms in total. The molecule has 0 aliphatic heterocycles. The van der Waals surface area contributed by atoms with Crippen LogP contribution in [-0.2, 0) is 6.54 Å². The molecular formula is C18H25N5. The predicted octanol–water partition coefficient (Wildman–Crippen LogP) is 3.21. The van der Waals surface area contributed by atoms with Gasteiger partial charge >= 0.3 is 0 Å². The van der Waals surface area contributed by atoms with Crippen LogP contribution in [0.15, 0.2) is 30.3 Å². The number of hydrogen-bond donors (Lipinski definition) is 0. The van der Waals surface area contributed by atoms with Gasteiger partial charge in [-0.3, -0.25) is 4.90 Å². The van der Waals surface area contributed by atoms with Crippen molar-refractivity contribution in [3.63, 3.8) is 0 Å². The van der Waals surface area contributed by atoms with E-state index in [0.717, 1.165) is 30.0 Å². The number of para-hydroxylation sites is 1. The van der Waals surface area contributed by atoms with E-state index in [1.165, 1.54) is 51.5 Å². The largest absolute Gasteiger partial charge is 0.293 e. The topological polar surface area (TPSA) is 46.8 Å². The van der Waals surface area contributed by atoms with Crippen LogP contribution in [0.25, 0.3) is 5.69 Å². The lowest BCUT2D eigenvalue weighted by molar-refractivity contribution is 0.181. The SMILES string of the molecule is c1ccc(-n2nnnc2CN(CC2CCCCC2)C2CC2)cc1. The molecule has 122 valence electrons. The molecule has 0 atom stereocenters. The Labute approximate surface area is 137 Å². The van der Waals surface area contributed by atoms with Crippen LogP contribution in [0.2, 0.25) is 0 Å². The van der Waals surface area contributed by atoms with E-state index in [9.17, 15) is 0 Å². The van der Waals surface area contributed by atoms with Crippen molar-refractivity contribution in [3.8, 4) is 5.69 Å². The summed E-state index contributed by atoms with van der Waals surface area (Å²) in [7, 11) is 0. The highest BCUT2D eigenvalue weighted by Gasteiger charge is 2.32. The summed E-state index contributed by atoms with van der Waals surface area (Å²) in [5, 5.41) is 12.4. The maximum absolute atomic E-state index is 4.30. The number of benzene rings is 1. The number of hydrogen-bond acceptors (Lipinski definition) is 4. The van der Waals surface area contributed by atoms with Gasteiger partial charge in [0.2, 0.25) is 0 Å². The second-order valence-electron chi connectivity index (χ2n) is 7.01. The Bertz CT molecular complexity index is 613. The summed E-state index contributed by atoms with van der Waals surface area (Å²) in [6.07, 6.45) is 9.70. The van der Waals surface area contributed by atoms with Gasteiger partial charge in [0.25, 0.3) is 0 Å². The van der Waals surface area contributed by atoms with Crippen molar-refractivity contribution in [2.75, 3.05) is 6.54 Å². The lowest BCUT2D eigenvalue weighted by Crippen LogP contribution is -2.33. The van der Waals surface area contributed by atoms with Gasteiger partial charge in [0.1, 0.15) is 0 Å². The zero-order chi connectivity index (χ0) is 15.5. The highest BCUT2D eigenvalue weighted by Crippen LogP contribution is 2.32. The van der Waals surface area contributed by atoms with Gasteiger partial charge in [-0.25, -0.2) is 0 Å². The van der Waals surface area contributed by atoms with Gasteiger partial charge in [0.05, 0.1) is 12.2 Å². The molecule has 1 aromatic heterocycles. The molecule has 0 spiro atoms. The van der Waals surface area contributed by atoms with Gasteiger partial charge in [-0.2, -0.15) is 4.68 Å². The molecule has 0 unspecified atom stereocenters. The molecule has 0 radical (unpaired) electrons. The maximum atomic E-state index is 4.30. The molecule has 0 bridgehead atoms. The quantitative estimate of drug-likeness (QED) is 0.822. The Morgan fingerprint density at radius 2 is 1.78 bits per heavy atom. The van der Waals surface area contributed by atoms with Crippen molar-refractivity contribution in [1.82, 2.24) is 25.1 Å². The van der Waals surface area contributed by atoms with E-state index in [1.807, 2.05) is 22.9 Å². The molecule has 2 saturated carbocycles. The molecular weight excluding hydrogens is 286 g/mol. The Kier molecular flexibility index (Phi) is 4.37. The highest BCUT2D eigenvalue weighted by atomic mass is 15.5. The van der Waals surface area contributed by atoms with E-state index in [-0.39, 0.29) is 0 Å². The predicted molar refractivity (Wildman–Crippen MR) is 89.2 cm³/mol. The summed E-state index contributed by atoms with van der Waals surface area (Å²) in [5.74, 6) is 1.82. The van der Waals surface area contributed by atoms with Gasteiger partial charge in [-0.05, 0) is 54.2 Å². The zero-order valence-corrected chi connectivity index (χ0v) is 13.6. The minimum atomic E-state index is 0.748. The summed E-state index contributed by atoms with van der Waals surface area (Å²) < 4.78 is 1.89. The first-order valence-electron chi connectivity index (χ1n) is 8.97. The molecule has 23 heavy (non-hydrogen) atoms. The van der Waals surface area contributed by atoms with E-state index >= 15 is 0 Å². The fraction of sp³-hybridized carbons (Fsp3) is 0.611. The standard InChI is InChI=1S/C18H25N5/c1-3-7-15(8-4-1)13-22(16-11-12-16)14-18-19-20-21-23(18)17-9-5-2-6-10-17/h2,5-6,9-10,15-16H,1,3-4,7-8,11-14H2. The van der Waals surface area contributed by atoms with Crippen molar-refractivity contribution >= 4 is 0 Å². The first-order valence-corrected chi connectivity index (χ1v) is 8.97. The number of tetrazole rings is 1. The fourth-order valence-corrected chi connectivity index (χ4v) is 3.74. The summed E-state index contributed by atoms with van der Waals surface area (Å²) in [5.41, 5.74) is 1.04. The monoisotopic (exact) mass is 311 g/mol. The van der Waals surface area contributed by atoms with Crippen LogP contribution in [0.3, 0.4) is 0 Å². The van der Waals surface area contributed by atoms with E-state index in [0.29, 0.717) is 0 Å². The average molecular weight is 311 g/mol. The molecule has 1 aromatic carbocycles. The normalized spacial score (nSPS) is 19.3. The summed E-state index contributed by atoms with van der Waals surface area (Å²) in [6, 6.07) is 10.9. The van der Waals surface area contributed by atoms with Crippen molar-refractivity contribution in [1.29, 1.82) is 0 Å². The molecule has 2 fully saturated rings. The van der Waals surface area contributed by atoms with Crippen molar-refractivity contribution < 1.29 is 0 Å². The molecule has 1 heterocycles. The zero-order valence-electron chi connectivity index (χ0n) is 13.6. The second-order valence-corrected chi connectivity index (χ2v) is 7.01. The Balaban J connectivity index is 1.48. The fourth-order valence-electron chi connectivity index (χ4n) is 3.74. The van der Waals surface area contributed by atoms with Crippen LogP contribution in [0, 0.1) is 5.92 Å². The van der Waals surface area contributed by atoms with E-state index < -0.39 is 0 Å². The van der Waals surface area contributed by atoms with E-state index in [4.69, 9.17) is 0 Å². The van der Waals surface area contributed by atoms with Crippen LogP contribution < -0.4 is 0 Å². The first kappa shape index (κ1) is 14.8. The van der Waals surface area contributed by atoms with Crippen LogP contribution in [0.1, 0.15) is 50.8 Å². The third kappa shape index (κ3) is 3.61. The van der Waals surface area contributed by atoms with E-state index in [1.54, 1.807) is 0 Å². The van der Waals surface area contributed by atoms with Gasteiger partial charge in [-0.15, -0.1) is 5.10 Å². The molecule has 0 N–H and O–H groups in total. The van der Waals surface area contributed by atoms with Crippen LogP contribution in [0.4, 0.5) is 0 Å². The van der Waals surface area contributed by atoms with E-state index in [2.05, 4.69) is 32.6 Å². The molecule has 0 saturated heterocycles. The summed E-state index contributed by atoms with van der Waals surface area (Å²) in [4.78, 5) is 2.63. The van der Waals surface area contributed by atoms with Gasteiger partial charge < -0.3 is 0 Å². The molecule has 5 heteroatoms.